The number of halogens is 1. The van der Waals surface area contributed by atoms with Gasteiger partial charge >= 0.3 is 5.97 Å². The van der Waals surface area contributed by atoms with Crippen molar-refractivity contribution in [3.63, 3.8) is 0 Å². The second-order valence-corrected chi connectivity index (χ2v) is 4.26. The Kier molecular flexibility index (Phi) is 3.37. The number of carboxylic acids is 1. The molecule has 2 N–H and O–H groups in total. The predicted molar refractivity (Wildman–Crippen MR) is 58.2 cm³/mol. The molecule has 0 bridgehead atoms. The molecule has 0 spiro atoms. The summed E-state index contributed by atoms with van der Waals surface area (Å²) in [6, 6.07) is 5.31. The number of benzene rings is 1. The maximum atomic E-state index is 10.7. The van der Waals surface area contributed by atoms with Gasteiger partial charge in [0.15, 0.2) is 5.60 Å². The van der Waals surface area contributed by atoms with Gasteiger partial charge in [0.1, 0.15) is 0 Å². The van der Waals surface area contributed by atoms with Crippen molar-refractivity contribution in [2.45, 2.75) is 25.9 Å². The highest BCUT2D eigenvalue weighted by Crippen LogP contribution is 2.22. The summed E-state index contributed by atoms with van der Waals surface area (Å²) in [6.45, 7) is 3.15. The first-order valence-electron chi connectivity index (χ1n) is 4.54. The molecule has 0 aromatic heterocycles. The van der Waals surface area contributed by atoms with Crippen molar-refractivity contribution in [2.24, 2.45) is 0 Å². The molecular weight excluding hydrogens is 216 g/mol. The van der Waals surface area contributed by atoms with Crippen LogP contribution in [0.25, 0.3) is 0 Å². The fourth-order valence-electron chi connectivity index (χ4n) is 1.24. The number of aryl methyl sites for hydroxylation is 1. The van der Waals surface area contributed by atoms with Gasteiger partial charge in [-0.2, -0.15) is 0 Å². The van der Waals surface area contributed by atoms with Crippen LogP contribution in [0, 0.1) is 6.92 Å². The number of carboxylic acid groups (broad SMARTS) is 1. The van der Waals surface area contributed by atoms with E-state index in [9.17, 15) is 9.90 Å². The molecule has 0 aliphatic rings. The Morgan fingerprint density at radius 2 is 2.13 bits per heavy atom. The first kappa shape index (κ1) is 12.0. The highest BCUT2D eigenvalue weighted by molar-refractivity contribution is 6.31. The highest BCUT2D eigenvalue weighted by atomic mass is 35.5. The molecule has 1 atom stereocenters. The standard InChI is InChI=1S/C11H13ClO3/c1-7-3-4-8(9(12)5-7)6-11(2,15)10(13)14/h3-5,15H,6H2,1-2H3,(H,13,14). The van der Waals surface area contributed by atoms with Crippen LogP contribution in [0.3, 0.4) is 0 Å². The Bertz CT molecular complexity index is 385. The van der Waals surface area contributed by atoms with Gasteiger partial charge in [-0.1, -0.05) is 23.7 Å². The summed E-state index contributed by atoms with van der Waals surface area (Å²) in [5.41, 5.74) is -0.146. The fourth-order valence-corrected chi connectivity index (χ4v) is 1.54. The van der Waals surface area contributed by atoms with Crippen LogP contribution >= 0.6 is 11.6 Å². The lowest BCUT2D eigenvalue weighted by atomic mass is 9.96. The Morgan fingerprint density at radius 1 is 1.53 bits per heavy atom. The number of hydrogen-bond donors (Lipinski definition) is 2. The maximum absolute atomic E-state index is 10.7. The Labute approximate surface area is 93.3 Å². The van der Waals surface area contributed by atoms with Crippen molar-refractivity contribution < 1.29 is 15.0 Å². The first-order valence-corrected chi connectivity index (χ1v) is 4.91. The molecule has 3 nitrogen and oxygen atoms in total. The van der Waals surface area contributed by atoms with E-state index in [2.05, 4.69) is 0 Å². The minimum absolute atomic E-state index is 0.00144. The molecule has 15 heavy (non-hydrogen) atoms. The van der Waals surface area contributed by atoms with Crippen LogP contribution in [0.2, 0.25) is 5.02 Å². The monoisotopic (exact) mass is 228 g/mol. The zero-order valence-corrected chi connectivity index (χ0v) is 9.38. The van der Waals surface area contributed by atoms with E-state index in [1.807, 2.05) is 13.0 Å². The van der Waals surface area contributed by atoms with Gasteiger partial charge in [0.25, 0.3) is 0 Å². The molecule has 0 saturated heterocycles. The minimum atomic E-state index is -1.78. The van der Waals surface area contributed by atoms with Gasteiger partial charge in [-0.05, 0) is 31.0 Å². The van der Waals surface area contributed by atoms with Gasteiger partial charge in [-0.15, -0.1) is 0 Å². The Hall–Kier alpha value is -1.06. The zero-order valence-electron chi connectivity index (χ0n) is 8.62. The van der Waals surface area contributed by atoms with Crippen LogP contribution in [0.1, 0.15) is 18.1 Å². The fraction of sp³-hybridized carbons (Fsp3) is 0.364. The molecule has 0 heterocycles. The summed E-state index contributed by atoms with van der Waals surface area (Å²) in [4.78, 5) is 10.7. The lowest BCUT2D eigenvalue weighted by Crippen LogP contribution is -2.37. The number of rotatable bonds is 3. The summed E-state index contributed by atoms with van der Waals surface area (Å²) in [7, 11) is 0. The second-order valence-electron chi connectivity index (χ2n) is 3.85. The molecule has 1 aromatic carbocycles. The number of aliphatic carboxylic acids is 1. The van der Waals surface area contributed by atoms with Gasteiger partial charge in [0.05, 0.1) is 0 Å². The van der Waals surface area contributed by atoms with E-state index in [0.29, 0.717) is 10.6 Å². The second kappa shape index (κ2) is 4.21. The molecule has 1 aromatic rings. The molecule has 0 radical (unpaired) electrons. The van der Waals surface area contributed by atoms with E-state index in [-0.39, 0.29) is 6.42 Å². The van der Waals surface area contributed by atoms with E-state index in [1.54, 1.807) is 12.1 Å². The van der Waals surface area contributed by atoms with Crippen molar-refractivity contribution in [3.05, 3.63) is 34.3 Å². The SMILES string of the molecule is Cc1ccc(CC(C)(O)C(=O)O)c(Cl)c1. The van der Waals surface area contributed by atoms with Gasteiger partial charge in [0, 0.05) is 11.4 Å². The third kappa shape index (κ3) is 2.94. The zero-order chi connectivity index (χ0) is 11.6. The smallest absolute Gasteiger partial charge is 0.335 e. The molecule has 0 fully saturated rings. The van der Waals surface area contributed by atoms with Gasteiger partial charge in [0.2, 0.25) is 0 Å². The van der Waals surface area contributed by atoms with Gasteiger partial charge in [-0.3, -0.25) is 0 Å². The maximum Gasteiger partial charge on any atom is 0.335 e. The number of carbonyl (C=O) groups is 1. The van der Waals surface area contributed by atoms with Crippen LogP contribution in [-0.4, -0.2) is 21.8 Å². The van der Waals surface area contributed by atoms with Crippen LogP contribution in [-0.2, 0) is 11.2 Å². The molecule has 1 unspecified atom stereocenters. The van der Waals surface area contributed by atoms with Gasteiger partial charge in [-0.25, -0.2) is 4.79 Å². The van der Waals surface area contributed by atoms with Crippen molar-refractivity contribution in [1.82, 2.24) is 0 Å². The van der Waals surface area contributed by atoms with Crippen LogP contribution < -0.4 is 0 Å². The minimum Gasteiger partial charge on any atom is -0.479 e. The summed E-state index contributed by atoms with van der Waals surface area (Å²) in [5.74, 6) is -1.25. The Morgan fingerprint density at radius 3 is 2.60 bits per heavy atom. The molecule has 0 aliphatic heterocycles. The van der Waals surface area contributed by atoms with Crippen LogP contribution in [0.5, 0.6) is 0 Å². The first-order chi connectivity index (χ1) is 6.83. The molecule has 4 heteroatoms. The van der Waals surface area contributed by atoms with E-state index in [1.165, 1.54) is 6.92 Å². The summed E-state index contributed by atoms with van der Waals surface area (Å²) < 4.78 is 0. The quantitative estimate of drug-likeness (QED) is 0.832. The van der Waals surface area contributed by atoms with Crippen LogP contribution in [0.15, 0.2) is 18.2 Å². The van der Waals surface area contributed by atoms with Crippen molar-refractivity contribution >= 4 is 17.6 Å². The summed E-state index contributed by atoms with van der Waals surface area (Å²) in [6.07, 6.45) is 0.00144. The molecular formula is C11H13ClO3. The van der Waals surface area contributed by atoms with Crippen LogP contribution in [0.4, 0.5) is 0 Å². The van der Waals surface area contributed by atoms with Gasteiger partial charge < -0.3 is 10.2 Å². The number of hydrogen-bond acceptors (Lipinski definition) is 2. The lowest BCUT2D eigenvalue weighted by Gasteiger charge is -2.18. The van der Waals surface area contributed by atoms with Crippen molar-refractivity contribution in [2.75, 3.05) is 0 Å². The molecule has 0 amide bonds. The molecule has 0 aliphatic carbocycles. The largest absolute Gasteiger partial charge is 0.479 e. The third-order valence-corrected chi connectivity index (χ3v) is 2.56. The predicted octanol–water partition coefficient (Wildman–Crippen LogP) is 2.03. The highest BCUT2D eigenvalue weighted by Gasteiger charge is 2.30. The molecule has 1 rings (SSSR count). The molecule has 0 saturated carbocycles. The summed E-state index contributed by atoms with van der Waals surface area (Å²) >= 11 is 5.94. The third-order valence-electron chi connectivity index (χ3n) is 2.20. The van der Waals surface area contributed by atoms with E-state index >= 15 is 0 Å². The lowest BCUT2D eigenvalue weighted by molar-refractivity contribution is -0.156. The van der Waals surface area contributed by atoms with Crippen molar-refractivity contribution in [1.29, 1.82) is 0 Å². The number of aliphatic hydroxyl groups is 1. The average Bonchev–Trinajstić information content (AvgIpc) is 2.09. The topological polar surface area (TPSA) is 57.5 Å². The molecule has 82 valence electrons. The summed E-state index contributed by atoms with van der Waals surface area (Å²) in [5, 5.41) is 18.8. The average molecular weight is 229 g/mol. The normalized spacial score (nSPS) is 14.7. The van der Waals surface area contributed by atoms with E-state index in [0.717, 1.165) is 5.56 Å². The van der Waals surface area contributed by atoms with Crippen molar-refractivity contribution in [3.8, 4) is 0 Å². The van der Waals surface area contributed by atoms with E-state index < -0.39 is 11.6 Å². The Balaban J connectivity index is 2.95. The van der Waals surface area contributed by atoms with E-state index in [4.69, 9.17) is 16.7 Å².